The molecule has 1 aromatic rings. The van der Waals surface area contributed by atoms with E-state index in [1.807, 2.05) is 25.1 Å². The topological polar surface area (TPSA) is 58.7 Å². The number of aliphatic hydroxyl groups excluding tert-OH is 1. The second-order valence-corrected chi connectivity index (χ2v) is 5.59. The van der Waals surface area contributed by atoms with E-state index in [9.17, 15) is 5.11 Å². The number of aliphatic hydroxyl groups is 1. The molecular weight excluding hydrogens is 252 g/mol. The van der Waals surface area contributed by atoms with Crippen molar-refractivity contribution < 1.29 is 9.84 Å². The summed E-state index contributed by atoms with van der Waals surface area (Å²) in [6.07, 6.45) is 3.65. The molecule has 0 bridgehead atoms. The minimum atomic E-state index is -0.0153. The largest absolute Gasteiger partial charge is 0.496 e. The zero-order chi connectivity index (χ0) is 14.5. The third-order valence-corrected chi connectivity index (χ3v) is 4.21. The fourth-order valence-electron chi connectivity index (χ4n) is 3.06. The van der Waals surface area contributed by atoms with E-state index in [-0.39, 0.29) is 18.7 Å². The standard InChI is InChI=1S/C16H26N2O2/c1-12(17)16(14-8-3-4-9-15(14)20-2)18(10-11-19)13-6-5-7-13/h3-4,8-9,12-13,16,19H,5-7,10-11,17H2,1-2H3. The normalized spacial score (nSPS) is 18.6. The van der Waals surface area contributed by atoms with Gasteiger partial charge in [0, 0.05) is 24.2 Å². The van der Waals surface area contributed by atoms with Gasteiger partial charge in [0.2, 0.25) is 0 Å². The molecular formula is C16H26N2O2. The van der Waals surface area contributed by atoms with Gasteiger partial charge < -0.3 is 15.6 Å². The molecule has 2 atom stereocenters. The predicted octanol–water partition coefficient (Wildman–Crippen LogP) is 1.93. The van der Waals surface area contributed by atoms with Gasteiger partial charge in [-0.2, -0.15) is 0 Å². The number of rotatable bonds is 7. The van der Waals surface area contributed by atoms with Crippen LogP contribution in [-0.4, -0.2) is 42.4 Å². The Morgan fingerprint density at radius 1 is 1.40 bits per heavy atom. The average molecular weight is 278 g/mol. The lowest BCUT2D eigenvalue weighted by molar-refractivity contribution is 0.0493. The minimum absolute atomic E-state index is 0.0153. The Labute approximate surface area is 121 Å². The van der Waals surface area contributed by atoms with E-state index >= 15 is 0 Å². The molecule has 0 saturated heterocycles. The van der Waals surface area contributed by atoms with Crippen molar-refractivity contribution >= 4 is 0 Å². The van der Waals surface area contributed by atoms with Crippen LogP contribution in [0.4, 0.5) is 0 Å². The van der Waals surface area contributed by atoms with Gasteiger partial charge >= 0.3 is 0 Å². The molecule has 2 rings (SSSR count). The molecule has 1 saturated carbocycles. The van der Waals surface area contributed by atoms with E-state index < -0.39 is 0 Å². The summed E-state index contributed by atoms with van der Waals surface area (Å²) in [7, 11) is 1.69. The highest BCUT2D eigenvalue weighted by molar-refractivity contribution is 5.37. The number of benzene rings is 1. The quantitative estimate of drug-likeness (QED) is 0.800. The first-order chi connectivity index (χ1) is 9.69. The van der Waals surface area contributed by atoms with Crippen LogP contribution in [0.5, 0.6) is 5.75 Å². The molecule has 112 valence electrons. The summed E-state index contributed by atoms with van der Waals surface area (Å²) in [6, 6.07) is 8.65. The Kier molecular flexibility index (Phi) is 5.40. The lowest BCUT2D eigenvalue weighted by Crippen LogP contribution is -2.49. The van der Waals surface area contributed by atoms with Gasteiger partial charge in [0.15, 0.2) is 0 Å². The second kappa shape index (κ2) is 7.07. The summed E-state index contributed by atoms with van der Waals surface area (Å²) < 4.78 is 5.49. The smallest absolute Gasteiger partial charge is 0.123 e. The first kappa shape index (κ1) is 15.3. The highest BCUT2D eigenvalue weighted by atomic mass is 16.5. The summed E-state index contributed by atoms with van der Waals surface area (Å²) in [4.78, 5) is 2.35. The average Bonchev–Trinajstić information content (AvgIpc) is 2.37. The van der Waals surface area contributed by atoms with Crippen molar-refractivity contribution in [1.82, 2.24) is 4.90 Å². The van der Waals surface area contributed by atoms with Crippen molar-refractivity contribution in [3.8, 4) is 5.75 Å². The van der Waals surface area contributed by atoms with Crippen LogP contribution < -0.4 is 10.5 Å². The van der Waals surface area contributed by atoms with Crippen LogP contribution in [0.1, 0.15) is 37.8 Å². The maximum atomic E-state index is 9.40. The molecule has 4 heteroatoms. The highest BCUT2D eigenvalue weighted by Crippen LogP contribution is 2.36. The highest BCUT2D eigenvalue weighted by Gasteiger charge is 2.34. The van der Waals surface area contributed by atoms with Gasteiger partial charge in [-0.25, -0.2) is 0 Å². The fraction of sp³-hybridized carbons (Fsp3) is 0.625. The molecule has 2 unspecified atom stereocenters. The summed E-state index contributed by atoms with van der Waals surface area (Å²) in [5.41, 5.74) is 7.38. The first-order valence-corrected chi connectivity index (χ1v) is 7.44. The Bertz CT molecular complexity index is 419. The molecule has 0 spiro atoms. The summed E-state index contributed by atoms with van der Waals surface area (Å²) >= 11 is 0. The van der Waals surface area contributed by atoms with E-state index in [2.05, 4.69) is 11.0 Å². The Morgan fingerprint density at radius 2 is 2.10 bits per heavy atom. The number of para-hydroxylation sites is 1. The number of nitrogens with two attached hydrogens (primary N) is 1. The molecule has 0 aliphatic heterocycles. The third-order valence-electron chi connectivity index (χ3n) is 4.21. The van der Waals surface area contributed by atoms with Crippen molar-refractivity contribution in [3.63, 3.8) is 0 Å². The summed E-state index contributed by atoms with van der Waals surface area (Å²) in [6.45, 7) is 2.85. The molecule has 1 aliphatic rings. The first-order valence-electron chi connectivity index (χ1n) is 7.44. The molecule has 0 amide bonds. The second-order valence-electron chi connectivity index (χ2n) is 5.59. The van der Waals surface area contributed by atoms with Crippen molar-refractivity contribution in [3.05, 3.63) is 29.8 Å². The van der Waals surface area contributed by atoms with Crippen molar-refractivity contribution in [2.75, 3.05) is 20.3 Å². The summed E-state index contributed by atoms with van der Waals surface area (Å²) in [5, 5.41) is 9.40. The number of hydrogen-bond donors (Lipinski definition) is 2. The summed E-state index contributed by atoms with van der Waals surface area (Å²) in [5.74, 6) is 0.872. The Hall–Kier alpha value is -1.10. The van der Waals surface area contributed by atoms with Crippen LogP contribution in [0.2, 0.25) is 0 Å². The van der Waals surface area contributed by atoms with Crippen LogP contribution >= 0.6 is 0 Å². The van der Waals surface area contributed by atoms with Crippen LogP contribution in [-0.2, 0) is 0 Å². The molecule has 4 nitrogen and oxygen atoms in total. The lowest BCUT2D eigenvalue weighted by Gasteiger charge is -2.44. The Morgan fingerprint density at radius 3 is 2.60 bits per heavy atom. The molecule has 20 heavy (non-hydrogen) atoms. The molecule has 1 aromatic carbocycles. The number of nitrogens with zero attached hydrogens (tertiary/aromatic N) is 1. The van der Waals surface area contributed by atoms with Crippen molar-refractivity contribution in [1.29, 1.82) is 0 Å². The zero-order valence-corrected chi connectivity index (χ0v) is 12.5. The lowest BCUT2D eigenvalue weighted by atomic mass is 9.87. The van der Waals surface area contributed by atoms with E-state index in [1.165, 1.54) is 19.3 Å². The monoisotopic (exact) mass is 278 g/mol. The number of ether oxygens (including phenoxy) is 1. The molecule has 0 heterocycles. The minimum Gasteiger partial charge on any atom is -0.496 e. The number of hydrogen-bond acceptors (Lipinski definition) is 4. The van der Waals surface area contributed by atoms with Crippen molar-refractivity contribution in [2.45, 2.75) is 44.3 Å². The zero-order valence-electron chi connectivity index (χ0n) is 12.5. The maximum Gasteiger partial charge on any atom is 0.123 e. The molecule has 0 radical (unpaired) electrons. The Balaban J connectivity index is 2.32. The van der Waals surface area contributed by atoms with E-state index in [4.69, 9.17) is 10.5 Å². The van der Waals surface area contributed by atoms with E-state index in [1.54, 1.807) is 7.11 Å². The van der Waals surface area contributed by atoms with Crippen LogP contribution in [0, 0.1) is 0 Å². The van der Waals surface area contributed by atoms with E-state index in [0.29, 0.717) is 12.6 Å². The third kappa shape index (κ3) is 3.14. The van der Waals surface area contributed by atoms with E-state index in [0.717, 1.165) is 11.3 Å². The SMILES string of the molecule is COc1ccccc1C(C(C)N)N(CCO)C1CCC1. The number of methoxy groups -OCH3 is 1. The van der Waals surface area contributed by atoms with Gasteiger partial charge in [0.05, 0.1) is 19.8 Å². The van der Waals surface area contributed by atoms with Gasteiger partial charge in [-0.3, -0.25) is 4.90 Å². The molecule has 0 aromatic heterocycles. The van der Waals surface area contributed by atoms with Gasteiger partial charge in [-0.15, -0.1) is 0 Å². The molecule has 3 N–H and O–H groups in total. The van der Waals surface area contributed by atoms with Gasteiger partial charge in [-0.1, -0.05) is 24.6 Å². The van der Waals surface area contributed by atoms with Crippen LogP contribution in [0.25, 0.3) is 0 Å². The van der Waals surface area contributed by atoms with Crippen LogP contribution in [0.15, 0.2) is 24.3 Å². The van der Waals surface area contributed by atoms with Gasteiger partial charge in [0.1, 0.15) is 5.75 Å². The predicted molar refractivity (Wildman–Crippen MR) is 80.8 cm³/mol. The fourth-order valence-corrected chi connectivity index (χ4v) is 3.06. The molecule has 1 fully saturated rings. The van der Waals surface area contributed by atoms with Gasteiger partial charge in [-0.05, 0) is 25.8 Å². The van der Waals surface area contributed by atoms with Crippen molar-refractivity contribution in [2.24, 2.45) is 5.73 Å². The maximum absolute atomic E-state index is 9.40. The molecule has 1 aliphatic carbocycles. The van der Waals surface area contributed by atoms with Crippen LogP contribution in [0.3, 0.4) is 0 Å². The van der Waals surface area contributed by atoms with Gasteiger partial charge in [0.25, 0.3) is 0 Å².